The van der Waals surface area contributed by atoms with E-state index < -0.39 is 5.97 Å². The van der Waals surface area contributed by atoms with Crippen molar-refractivity contribution >= 4 is 12.3 Å². The summed E-state index contributed by atoms with van der Waals surface area (Å²) in [6.07, 6.45) is 0.490. The van der Waals surface area contributed by atoms with E-state index in [4.69, 9.17) is 9.47 Å². The Morgan fingerprint density at radius 2 is 2.05 bits per heavy atom. The standard InChI is InChI=1S/C14H15N3O4/c1-3-21-14(19)13-12(9-18)15-16-17(13)8-10-4-6-11(20-2)7-5-10/h4-7,9H,3,8H2,1-2H3. The first-order valence-corrected chi connectivity index (χ1v) is 6.38. The van der Waals surface area contributed by atoms with Crippen molar-refractivity contribution in [3.8, 4) is 5.75 Å². The Morgan fingerprint density at radius 3 is 2.62 bits per heavy atom. The van der Waals surface area contributed by atoms with Gasteiger partial charge in [0.1, 0.15) is 5.75 Å². The van der Waals surface area contributed by atoms with Crippen LogP contribution in [0.15, 0.2) is 24.3 Å². The van der Waals surface area contributed by atoms with Crippen molar-refractivity contribution in [2.24, 2.45) is 0 Å². The van der Waals surface area contributed by atoms with E-state index in [1.54, 1.807) is 26.2 Å². The van der Waals surface area contributed by atoms with E-state index in [0.717, 1.165) is 11.3 Å². The molecule has 1 aromatic heterocycles. The van der Waals surface area contributed by atoms with E-state index >= 15 is 0 Å². The highest BCUT2D eigenvalue weighted by atomic mass is 16.5. The first kappa shape index (κ1) is 14.7. The van der Waals surface area contributed by atoms with Gasteiger partial charge in [0.15, 0.2) is 17.7 Å². The average Bonchev–Trinajstić information content (AvgIpc) is 2.91. The lowest BCUT2D eigenvalue weighted by Crippen LogP contribution is -2.15. The van der Waals surface area contributed by atoms with Crippen LogP contribution in [0.1, 0.15) is 33.5 Å². The molecule has 0 unspecified atom stereocenters. The minimum absolute atomic E-state index is 0.0260. The van der Waals surface area contributed by atoms with Gasteiger partial charge < -0.3 is 9.47 Å². The van der Waals surface area contributed by atoms with Gasteiger partial charge in [-0.25, -0.2) is 9.48 Å². The van der Waals surface area contributed by atoms with Gasteiger partial charge in [-0.1, -0.05) is 17.3 Å². The number of methoxy groups -OCH3 is 1. The first-order valence-electron chi connectivity index (χ1n) is 6.38. The molecule has 110 valence electrons. The molecule has 2 aromatic rings. The van der Waals surface area contributed by atoms with Gasteiger partial charge in [0.2, 0.25) is 0 Å². The van der Waals surface area contributed by atoms with E-state index in [-0.39, 0.29) is 18.0 Å². The quantitative estimate of drug-likeness (QED) is 0.589. The van der Waals surface area contributed by atoms with E-state index in [1.807, 2.05) is 12.1 Å². The zero-order valence-corrected chi connectivity index (χ0v) is 11.8. The molecule has 7 nitrogen and oxygen atoms in total. The van der Waals surface area contributed by atoms with Crippen LogP contribution < -0.4 is 4.74 Å². The second-order valence-electron chi connectivity index (χ2n) is 4.17. The highest BCUT2D eigenvalue weighted by Crippen LogP contribution is 2.14. The predicted octanol–water partition coefficient (Wildman–Crippen LogP) is 1.32. The molecule has 1 heterocycles. The lowest BCUT2D eigenvalue weighted by Gasteiger charge is -2.07. The zero-order chi connectivity index (χ0) is 15.2. The second kappa shape index (κ2) is 6.65. The van der Waals surface area contributed by atoms with E-state index in [9.17, 15) is 9.59 Å². The molecule has 0 amide bonds. The Balaban J connectivity index is 2.28. The second-order valence-corrected chi connectivity index (χ2v) is 4.17. The molecule has 7 heteroatoms. The maximum atomic E-state index is 11.9. The van der Waals surface area contributed by atoms with Crippen LogP contribution >= 0.6 is 0 Å². The van der Waals surface area contributed by atoms with Crippen LogP contribution in [0.3, 0.4) is 0 Å². The van der Waals surface area contributed by atoms with Crippen LogP contribution in [0.2, 0.25) is 0 Å². The molecule has 1 aromatic carbocycles. The molecule has 0 radical (unpaired) electrons. The summed E-state index contributed by atoms with van der Waals surface area (Å²) in [6, 6.07) is 7.29. The third kappa shape index (κ3) is 3.25. The maximum absolute atomic E-state index is 11.9. The minimum Gasteiger partial charge on any atom is -0.497 e. The van der Waals surface area contributed by atoms with Crippen molar-refractivity contribution in [3.05, 3.63) is 41.2 Å². The van der Waals surface area contributed by atoms with E-state index in [2.05, 4.69) is 10.3 Å². The summed E-state index contributed by atoms with van der Waals surface area (Å²) in [6.45, 7) is 2.21. The SMILES string of the molecule is CCOC(=O)c1c(C=O)nnn1Cc1ccc(OC)cc1. The Bertz CT molecular complexity index is 634. The van der Waals surface area contributed by atoms with Gasteiger partial charge in [-0.05, 0) is 24.6 Å². The molecule has 2 rings (SSSR count). The summed E-state index contributed by atoms with van der Waals surface area (Å²) >= 11 is 0. The van der Waals surface area contributed by atoms with Crippen LogP contribution in [0, 0.1) is 0 Å². The van der Waals surface area contributed by atoms with Crippen LogP contribution in [-0.4, -0.2) is 41.0 Å². The Hall–Kier alpha value is -2.70. The van der Waals surface area contributed by atoms with Gasteiger partial charge in [0, 0.05) is 0 Å². The summed E-state index contributed by atoms with van der Waals surface area (Å²) in [5.41, 5.74) is 0.924. The minimum atomic E-state index is -0.613. The van der Waals surface area contributed by atoms with Crippen molar-refractivity contribution in [1.29, 1.82) is 0 Å². The number of carbonyl (C=O) groups excluding carboxylic acids is 2. The molecule has 0 atom stereocenters. The third-order valence-electron chi connectivity index (χ3n) is 2.83. The number of hydrogen-bond acceptors (Lipinski definition) is 6. The Kier molecular flexibility index (Phi) is 4.65. The molecule has 0 aliphatic rings. The van der Waals surface area contributed by atoms with Crippen molar-refractivity contribution in [2.45, 2.75) is 13.5 Å². The first-order chi connectivity index (χ1) is 10.2. The number of aldehydes is 1. The number of hydrogen-bond donors (Lipinski definition) is 0. The van der Waals surface area contributed by atoms with Gasteiger partial charge in [-0.3, -0.25) is 4.79 Å². The highest BCUT2D eigenvalue weighted by molar-refractivity contribution is 5.95. The van der Waals surface area contributed by atoms with Gasteiger partial charge in [0.25, 0.3) is 0 Å². The maximum Gasteiger partial charge on any atom is 0.359 e. The number of esters is 1. The lowest BCUT2D eigenvalue weighted by atomic mass is 10.2. The Morgan fingerprint density at radius 1 is 1.33 bits per heavy atom. The zero-order valence-electron chi connectivity index (χ0n) is 11.8. The summed E-state index contributed by atoms with van der Waals surface area (Å²) in [5, 5.41) is 7.52. The molecule has 21 heavy (non-hydrogen) atoms. The van der Waals surface area contributed by atoms with Gasteiger partial charge in [-0.2, -0.15) is 0 Å². The lowest BCUT2D eigenvalue weighted by molar-refractivity contribution is 0.0510. The molecular weight excluding hydrogens is 274 g/mol. The molecule has 0 saturated carbocycles. The van der Waals surface area contributed by atoms with Crippen LogP contribution in [-0.2, 0) is 11.3 Å². The highest BCUT2D eigenvalue weighted by Gasteiger charge is 2.21. The fraction of sp³-hybridized carbons (Fsp3) is 0.286. The molecular formula is C14H15N3O4. The van der Waals surface area contributed by atoms with Crippen LogP contribution in [0.4, 0.5) is 0 Å². The largest absolute Gasteiger partial charge is 0.497 e. The average molecular weight is 289 g/mol. The van der Waals surface area contributed by atoms with Crippen molar-refractivity contribution in [2.75, 3.05) is 13.7 Å². The van der Waals surface area contributed by atoms with E-state index in [0.29, 0.717) is 12.8 Å². The number of aromatic nitrogens is 3. The van der Waals surface area contributed by atoms with Crippen molar-refractivity contribution in [1.82, 2.24) is 15.0 Å². The number of benzene rings is 1. The molecule has 0 fully saturated rings. The predicted molar refractivity (Wildman–Crippen MR) is 73.5 cm³/mol. The van der Waals surface area contributed by atoms with Crippen LogP contribution in [0.5, 0.6) is 5.75 Å². The number of nitrogens with zero attached hydrogens (tertiary/aromatic N) is 3. The molecule has 0 aliphatic heterocycles. The molecule has 0 N–H and O–H groups in total. The molecule has 0 saturated heterocycles. The smallest absolute Gasteiger partial charge is 0.359 e. The Labute approximate surface area is 121 Å². The summed E-state index contributed by atoms with van der Waals surface area (Å²) < 4.78 is 11.4. The van der Waals surface area contributed by atoms with Crippen LogP contribution in [0.25, 0.3) is 0 Å². The van der Waals surface area contributed by atoms with Crippen molar-refractivity contribution in [3.63, 3.8) is 0 Å². The summed E-state index contributed by atoms with van der Waals surface area (Å²) in [4.78, 5) is 22.8. The fourth-order valence-electron chi connectivity index (χ4n) is 1.83. The van der Waals surface area contributed by atoms with E-state index in [1.165, 1.54) is 4.68 Å². The van der Waals surface area contributed by atoms with Gasteiger partial charge in [0.05, 0.1) is 20.3 Å². The van der Waals surface area contributed by atoms with Gasteiger partial charge in [-0.15, -0.1) is 5.10 Å². The monoisotopic (exact) mass is 289 g/mol. The number of rotatable bonds is 6. The number of carbonyl (C=O) groups is 2. The topological polar surface area (TPSA) is 83.3 Å². The molecule has 0 spiro atoms. The number of ether oxygens (including phenoxy) is 2. The molecule has 0 bridgehead atoms. The molecule has 0 aliphatic carbocycles. The summed E-state index contributed by atoms with van der Waals surface area (Å²) in [7, 11) is 1.58. The van der Waals surface area contributed by atoms with Crippen molar-refractivity contribution < 1.29 is 19.1 Å². The third-order valence-corrected chi connectivity index (χ3v) is 2.83. The summed E-state index contributed by atoms with van der Waals surface area (Å²) in [5.74, 6) is 0.120. The van der Waals surface area contributed by atoms with Gasteiger partial charge >= 0.3 is 5.97 Å². The normalized spacial score (nSPS) is 10.2. The fourth-order valence-corrected chi connectivity index (χ4v) is 1.83.